The smallest absolute Gasteiger partial charge is 0.337 e. The van der Waals surface area contributed by atoms with Gasteiger partial charge in [-0.15, -0.1) is 0 Å². The molecular weight excluding hydrogens is 556 g/mol. The summed E-state index contributed by atoms with van der Waals surface area (Å²) in [7, 11) is 2.67. The van der Waals surface area contributed by atoms with Gasteiger partial charge in [-0.3, -0.25) is 0 Å². The van der Waals surface area contributed by atoms with E-state index in [1.165, 1.54) is 57.7 Å². The van der Waals surface area contributed by atoms with Crippen LogP contribution < -0.4 is 4.74 Å². The van der Waals surface area contributed by atoms with E-state index in [1.807, 2.05) is 0 Å². The van der Waals surface area contributed by atoms with E-state index >= 15 is 0 Å². The molecule has 0 heterocycles. The number of aliphatic hydroxyl groups is 2. The maximum Gasteiger partial charge on any atom is 0.337 e. The van der Waals surface area contributed by atoms with Crippen molar-refractivity contribution in [2.24, 2.45) is 0 Å². The van der Waals surface area contributed by atoms with Crippen LogP contribution in [0.3, 0.4) is 0 Å². The van der Waals surface area contributed by atoms with Gasteiger partial charge in [0.05, 0.1) is 32.0 Å². The maximum atomic E-state index is 11.2. The van der Waals surface area contributed by atoms with Crippen LogP contribution in [-0.4, -0.2) is 66.6 Å². The minimum absolute atomic E-state index is 0. The number of aromatic hydroxyl groups is 1. The summed E-state index contributed by atoms with van der Waals surface area (Å²) in [4.78, 5) is 22.0. The first-order valence-corrected chi connectivity index (χ1v) is 13.5. The summed E-state index contributed by atoms with van der Waals surface area (Å²) in [5.74, 6) is 0.151. The number of methoxy groups -OCH3 is 2. The van der Waals surface area contributed by atoms with Crippen LogP contribution in [0.15, 0.2) is 48.5 Å². The molecular formula is C29H45BrO8. The first-order chi connectivity index (χ1) is 17.9. The highest BCUT2D eigenvalue weighted by Gasteiger charge is 2.04. The van der Waals surface area contributed by atoms with Crippen LogP contribution >= 0.6 is 15.9 Å². The summed E-state index contributed by atoms with van der Waals surface area (Å²) in [6.07, 6.45) is 8.52. The maximum absolute atomic E-state index is 11.2. The number of ether oxygens (including phenoxy) is 3. The summed E-state index contributed by atoms with van der Waals surface area (Å²) in [6, 6.07) is 12.8. The monoisotopic (exact) mass is 600 g/mol. The van der Waals surface area contributed by atoms with Crippen LogP contribution in [-0.2, 0) is 9.47 Å². The minimum Gasteiger partial charge on any atom is -0.508 e. The number of alkyl halides is 1. The normalized spacial score (nSPS) is 9.50. The summed E-state index contributed by atoms with van der Waals surface area (Å²) >= 11 is 3.34. The number of phenolic OH excluding ortho intramolecular Hbond substituents is 1. The second-order valence-corrected chi connectivity index (χ2v) is 8.66. The van der Waals surface area contributed by atoms with Crippen molar-refractivity contribution in [2.75, 3.05) is 39.4 Å². The molecule has 0 saturated carbocycles. The number of halogens is 1. The number of hydrogen-bond acceptors (Lipinski definition) is 8. The van der Waals surface area contributed by atoms with Gasteiger partial charge in [0.15, 0.2) is 0 Å². The molecule has 38 heavy (non-hydrogen) atoms. The molecule has 3 N–H and O–H groups in total. The molecule has 2 rings (SSSR count). The minimum atomic E-state index is -0.398. The molecule has 0 amide bonds. The van der Waals surface area contributed by atoms with Crippen molar-refractivity contribution in [3.05, 3.63) is 59.7 Å². The molecule has 0 radical (unpaired) electrons. The summed E-state index contributed by atoms with van der Waals surface area (Å²) in [5.41, 5.74) is 0.957. The fourth-order valence-electron chi connectivity index (χ4n) is 2.84. The number of hydrogen-bond donors (Lipinski definition) is 3. The average molecular weight is 602 g/mol. The Balaban J connectivity index is 0. The SMILES string of the molecule is C.COC(=O)c1ccc(O)cc1.COC(=O)c1ccc(OCCCCCCO)cc1.OCCCCCCBr. The van der Waals surface area contributed by atoms with E-state index in [0.717, 1.165) is 43.2 Å². The molecule has 0 aliphatic heterocycles. The van der Waals surface area contributed by atoms with Crippen molar-refractivity contribution >= 4 is 27.9 Å². The van der Waals surface area contributed by atoms with E-state index in [-0.39, 0.29) is 25.8 Å². The van der Waals surface area contributed by atoms with Gasteiger partial charge >= 0.3 is 11.9 Å². The molecule has 0 fully saturated rings. The van der Waals surface area contributed by atoms with Crippen LogP contribution in [0.1, 0.15) is 79.5 Å². The molecule has 0 unspecified atom stereocenters. The Bertz CT molecular complexity index is 819. The van der Waals surface area contributed by atoms with Crippen molar-refractivity contribution in [1.29, 1.82) is 0 Å². The van der Waals surface area contributed by atoms with Crippen molar-refractivity contribution in [3.8, 4) is 11.5 Å². The van der Waals surface area contributed by atoms with Crippen LogP contribution in [0, 0.1) is 0 Å². The van der Waals surface area contributed by atoms with Gasteiger partial charge in [-0.2, -0.15) is 0 Å². The molecule has 216 valence electrons. The van der Waals surface area contributed by atoms with Crippen LogP contribution in [0.5, 0.6) is 11.5 Å². The quantitative estimate of drug-likeness (QED) is 0.134. The number of unbranched alkanes of at least 4 members (excludes halogenated alkanes) is 6. The van der Waals surface area contributed by atoms with Gasteiger partial charge in [-0.1, -0.05) is 42.6 Å². The molecule has 0 aromatic heterocycles. The van der Waals surface area contributed by atoms with Gasteiger partial charge in [-0.05, 0) is 80.6 Å². The average Bonchev–Trinajstić information content (AvgIpc) is 2.93. The highest BCUT2D eigenvalue weighted by atomic mass is 79.9. The third-order valence-corrected chi connectivity index (χ3v) is 5.49. The summed E-state index contributed by atoms with van der Waals surface area (Å²) in [5, 5.41) is 26.9. The molecule has 9 heteroatoms. The van der Waals surface area contributed by atoms with E-state index in [4.69, 9.17) is 20.1 Å². The van der Waals surface area contributed by atoms with Gasteiger partial charge in [0.25, 0.3) is 0 Å². The molecule has 0 aliphatic carbocycles. The number of benzene rings is 2. The van der Waals surface area contributed by atoms with Crippen LogP contribution in [0.4, 0.5) is 0 Å². The Labute approximate surface area is 236 Å². The van der Waals surface area contributed by atoms with E-state index < -0.39 is 5.97 Å². The predicted octanol–water partition coefficient (Wildman–Crippen LogP) is 6.15. The van der Waals surface area contributed by atoms with Crippen LogP contribution in [0.2, 0.25) is 0 Å². The van der Waals surface area contributed by atoms with Crippen molar-refractivity contribution in [2.45, 2.75) is 58.8 Å². The third-order valence-electron chi connectivity index (χ3n) is 4.93. The lowest BCUT2D eigenvalue weighted by molar-refractivity contribution is 0.0592. The molecule has 2 aromatic carbocycles. The second kappa shape index (κ2) is 26.0. The van der Waals surface area contributed by atoms with Gasteiger partial charge in [-0.25, -0.2) is 9.59 Å². The first-order valence-electron chi connectivity index (χ1n) is 12.4. The second-order valence-electron chi connectivity index (χ2n) is 7.87. The van der Waals surface area contributed by atoms with Crippen molar-refractivity contribution < 1.29 is 39.1 Å². The van der Waals surface area contributed by atoms with E-state index in [0.29, 0.717) is 24.3 Å². The Morgan fingerprint density at radius 3 is 1.53 bits per heavy atom. The Morgan fingerprint density at radius 2 is 1.11 bits per heavy atom. The molecule has 0 aliphatic rings. The lowest BCUT2D eigenvalue weighted by atomic mass is 10.2. The zero-order valence-electron chi connectivity index (χ0n) is 21.9. The number of carbonyl (C=O) groups excluding carboxylic acids is 2. The van der Waals surface area contributed by atoms with E-state index in [1.54, 1.807) is 24.3 Å². The van der Waals surface area contributed by atoms with Gasteiger partial charge < -0.3 is 29.5 Å². The standard InChI is InChI=1S/C14H20O4.C8H8O3.C6H13BrO.CH4/c1-17-14(16)12-6-8-13(9-7-12)18-11-5-3-2-4-10-15;1-11-8(10)6-2-4-7(9)5-3-6;7-5-3-1-2-4-6-8;/h6-9,15H,2-5,10-11H2,1H3;2-5,9H,1H3;8H,1-6H2;1H4. The number of rotatable bonds is 14. The zero-order valence-corrected chi connectivity index (χ0v) is 23.5. The van der Waals surface area contributed by atoms with Gasteiger partial charge in [0, 0.05) is 18.5 Å². The Kier molecular flexibility index (Phi) is 25.7. The fourth-order valence-corrected chi connectivity index (χ4v) is 3.23. The number of aliphatic hydroxyl groups excluding tert-OH is 2. The number of phenols is 1. The predicted molar refractivity (Wildman–Crippen MR) is 154 cm³/mol. The largest absolute Gasteiger partial charge is 0.508 e. The van der Waals surface area contributed by atoms with Crippen molar-refractivity contribution in [1.82, 2.24) is 0 Å². The molecule has 0 atom stereocenters. The Morgan fingerprint density at radius 1 is 0.684 bits per heavy atom. The van der Waals surface area contributed by atoms with Gasteiger partial charge in [0.1, 0.15) is 11.5 Å². The highest BCUT2D eigenvalue weighted by Crippen LogP contribution is 2.14. The van der Waals surface area contributed by atoms with E-state index in [9.17, 15) is 9.59 Å². The number of carbonyl (C=O) groups is 2. The molecule has 0 saturated heterocycles. The van der Waals surface area contributed by atoms with Crippen molar-refractivity contribution in [3.63, 3.8) is 0 Å². The molecule has 0 spiro atoms. The molecule has 8 nitrogen and oxygen atoms in total. The lowest BCUT2D eigenvalue weighted by Crippen LogP contribution is -2.01. The Hall–Kier alpha value is -2.62. The zero-order chi connectivity index (χ0) is 27.7. The topological polar surface area (TPSA) is 123 Å². The fraction of sp³-hybridized carbons (Fsp3) is 0.517. The molecule has 0 bridgehead atoms. The highest BCUT2D eigenvalue weighted by molar-refractivity contribution is 9.09. The summed E-state index contributed by atoms with van der Waals surface area (Å²) in [6.45, 7) is 1.27. The molecule has 2 aromatic rings. The van der Waals surface area contributed by atoms with Crippen LogP contribution in [0.25, 0.3) is 0 Å². The van der Waals surface area contributed by atoms with Gasteiger partial charge in [0.2, 0.25) is 0 Å². The lowest BCUT2D eigenvalue weighted by Gasteiger charge is -2.06. The number of esters is 2. The first kappa shape index (κ1) is 37.5. The summed E-state index contributed by atoms with van der Waals surface area (Å²) < 4.78 is 14.6. The van der Waals surface area contributed by atoms with E-state index in [2.05, 4.69) is 25.4 Å². The third kappa shape index (κ3) is 19.5.